The second kappa shape index (κ2) is 5.70. The van der Waals surface area contributed by atoms with E-state index in [1.807, 2.05) is 17.7 Å². The summed E-state index contributed by atoms with van der Waals surface area (Å²) >= 11 is 0. The summed E-state index contributed by atoms with van der Waals surface area (Å²) in [4.78, 5) is 8.47. The Bertz CT molecular complexity index is 1130. The van der Waals surface area contributed by atoms with Crippen molar-refractivity contribution >= 4 is 11.0 Å². The lowest BCUT2D eigenvalue weighted by Crippen LogP contribution is -2.17. The maximum Gasteiger partial charge on any atom is 0.155 e. The highest BCUT2D eigenvalue weighted by atomic mass is 19.1. The molecule has 0 radical (unpaired) electrons. The lowest BCUT2D eigenvalue weighted by atomic mass is 9.97. The molecule has 1 aliphatic rings. The summed E-state index contributed by atoms with van der Waals surface area (Å²) in [6, 6.07) is 3.45. The first-order valence-corrected chi connectivity index (χ1v) is 8.30. The molecule has 0 spiro atoms. The van der Waals surface area contributed by atoms with Gasteiger partial charge in [-0.05, 0) is 19.1 Å². The number of aromatic nitrogens is 6. The normalized spacial score (nSPS) is 13.9. The average Bonchev–Trinajstić information content (AvgIpc) is 3.25. The number of halogens is 1. The molecule has 0 aliphatic carbocycles. The van der Waals surface area contributed by atoms with Gasteiger partial charge in [-0.15, -0.1) is 0 Å². The number of H-pyrrole nitrogens is 1. The molecule has 0 atom stereocenters. The number of nitrogens with zero attached hydrogens (tertiary/aromatic N) is 5. The summed E-state index contributed by atoms with van der Waals surface area (Å²) in [7, 11) is 0. The first-order chi connectivity index (χ1) is 12.7. The first-order valence-electron chi connectivity index (χ1n) is 8.30. The number of hydrogen-bond donors (Lipinski definition) is 1. The van der Waals surface area contributed by atoms with Gasteiger partial charge >= 0.3 is 0 Å². The van der Waals surface area contributed by atoms with Crippen molar-refractivity contribution in [1.29, 1.82) is 0 Å². The van der Waals surface area contributed by atoms with Crippen molar-refractivity contribution in [3.05, 3.63) is 47.9 Å². The highest BCUT2D eigenvalue weighted by molar-refractivity contribution is 5.97. The van der Waals surface area contributed by atoms with Crippen LogP contribution in [0.5, 0.6) is 0 Å². The molecule has 4 aromatic rings. The third kappa shape index (κ3) is 2.30. The molecule has 0 fully saturated rings. The molecule has 0 bridgehead atoms. The van der Waals surface area contributed by atoms with Crippen LogP contribution < -0.4 is 0 Å². The van der Waals surface area contributed by atoms with Gasteiger partial charge in [-0.3, -0.25) is 14.8 Å². The predicted molar refractivity (Wildman–Crippen MR) is 92.7 cm³/mol. The van der Waals surface area contributed by atoms with E-state index in [0.717, 1.165) is 27.9 Å². The molecule has 4 aromatic heterocycles. The summed E-state index contributed by atoms with van der Waals surface area (Å²) in [5, 5.41) is 12.7. The van der Waals surface area contributed by atoms with E-state index in [9.17, 15) is 4.39 Å². The highest BCUT2D eigenvalue weighted by Crippen LogP contribution is 2.39. The number of nitrogens with one attached hydrogen (secondary N) is 1. The number of aromatic amines is 1. The van der Waals surface area contributed by atoms with Crippen LogP contribution in [0, 0.1) is 12.7 Å². The van der Waals surface area contributed by atoms with E-state index in [-0.39, 0.29) is 0 Å². The lowest BCUT2D eigenvalue weighted by Gasteiger charge is -2.16. The average molecular weight is 350 g/mol. The number of ether oxygens (including phenoxy) is 1. The van der Waals surface area contributed by atoms with E-state index >= 15 is 0 Å². The Morgan fingerprint density at radius 3 is 3.04 bits per heavy atom. The zero-order chi connectivity index (χ0) is 17.7. The van der Waals surface area contributed by atoms with Crippen molar-refractivity contribution in [2.75, 3.05) is 6.61 Å². The lowest BCUT2D eigenvalue weighted by molar-refractivity contribution is 0.0805. The van der Waals surface area contributed by atoms with E-state index in [0.29, 0.717) is 36.7 Å². The van der Waals surface area contributed by atoms with E-state index in [1.165, 1.54) is 12.3 Å². The fourth-order valence-electron chi connectivity index (χ4n) is 3.44. The molecular weight excluding hydrogens is 335 g/mol. The molecule has 1 N–H and O–H groups in total. The minimum absolute atomic E-state index is 0.393. The second-order valence-corrected chi connectivity index (χ2v) is 6.28. The van der Waals surface area contributed by atoms with Gasteiger partial charge in [0.1, 0.15) is 11.5 Å². The number of fused-ring (bicyclic) bond motifs is 2. The zero-order valence-corrected chi connectivity index (χ0v) is 14.0. The second-order valence-electron chi connectivity index (χ2n) is 6.28. The Kier molecular flexibility index (Phi) is 3.32. The Hall–Kier alpha value is -3.13. The molecule has 5 rings (SSSR count). The molecule has 0 unspecified atom stereocenters. The summed E-state index contributed by atoms with van der Waals surface area (Å²) in [5.41, 5.74) is 5.71. The molecule has 130 valence electrons. The third-order valence-electron chi connectivity index (χ3n) is 4.54. The highest BCUT2D eigenvalue weighted by Gasteiger charge is 2.25. The molecule has 0 aromatic carbocycles. The van der Waals surface area contributed by atoms with Gasteiger partial charge in [0, 0.05) is 34.0 Å². The van der Waals surface area contributed by atoms with E-state index in [4.69, 9.17) is 9.84 Å². The summed E-state index contributed by atoms with van der Waals surface area (Å²) < 4.78 is 21.4. The van der Waals surface area contributed by atoms with Gasteiger partial charge in [-0.1, -0.05) is 0 Å². The van der Waals surface area contributed by atoms with Crippen molar-refractivity contribution in [1.82, 2.24) is 29.9 Å². The number of rotatable bonds is 2. The van der Waals surface area contributed by atoms with Crippen LogP contribution in [0.15, 0.2) is 30.7 Å². The fourth-order valence-corrected chi connectivity index (χ4v) is 3.44. The van der Waals surface area contributed by atoms with Crippen molar-refractivity contribution in [2.24, 2.45) is 0 Å². The van der Waals surface area contributed by atoms with Crippen LogP contribution in [0.25, 0.3) is 33.4 Å². The quantitative estimate of drug-likeness (QED) is 0.601. The molecule has 8 heteroatoms. The summed E-state index contributed by atoms with van der Waals surface area (Å²) in [5.74, 6) is -0.393. The molecule has 0 saturated heterocycles. The Balaban J connectivity index is 1.85. The van der Waals surface area contributed by atoms with Crippen LogP contribution >= 0.6 is 0 Å². The van der Waals surface area contributed by atoms with Crippen molar-refractivity contribution < 1.29 is 9.13 Å². The minimum atomic E-state index is -0.393. The van der Waals surface area contributed by atoms with Gasteiger partial charge in [-0.2, -0.15) is 10.2 Å². The molecule has 7 nitrogen and oxygen atoms in total. The van der Waals surface area contributed by atoms with Gasteiger partial charge in [0.05, 0.1) is 37.8 Å². The zero-order valence-electron chi connectivity index (χ0n) is 14.0. The van der Waals surface area contributed by atoms with Crippen molar-refractivity contribution in [3.8, 4) is 22.4 Å². The molecule has 0 saturated carbocycles. The van der Waals surface area contributed by atoms with E-state index in [1.54, 1.807) is 12.4 Å². The maximum absolute atomic E-state index is 13.8. The van der Waals surface area contributed by atoms with Crippen LogP contribution in [0.4, 0.5) is 4.39 Å². The fraction of sp³-hybridized carbons (Fsp3) is 0.222. The van der Waals surface area contributed by atoms with Crippen LogP contribution in [-0.4, -0.2) is 36.6 Å². The smallest absolute Gasteiger partial charge is 0.155 e. The number of hydrogen-bond acceptors (Lipinski definition) is 5. The van der Waals surface area contributed by atoms with Crippen LogP contribution in [0.1, 0.15) is 11.4 Å². The Morgan fingerprint density at radius 1 is 1.23 bits per heavy atom. The molecule has 1 aliphatic heterocycles. The monoisotopic (exact) mass is 350 g/mol. The number of pyridine rings is 2. The van der Waals surface area contributed by atoms with Gasteiger partial charge in [0.2, 0.25) is 0 Å². The standard InChI is InChI=1S/C18H15FN6O/c1-10-4-13(14-8-21-23-18(14)22-10)16-15-9-26-3-2-25(15)24-17(16)11-5-12(19)7-20-6-11/h4-8H,2-3,9H2,1H3,(H,21,22,23). The van der Waals surface area contributed by atoms with Crippen LogP contribution in [-0.2, 0) is 17.9 Å². The maximum atomic E-state index is 13.8. The Labute approximate surface area is 147 Å². The van der Waals surface area contributed by atoms with Crippen molar-refractivity contribution in [2.45, 2.75) is 20.1 Å². The molecule has 26 heavy (non-hydrogen) atoms. The predicted octanol–water partition coefficient (Wildman–Crippen LogP) is 2.86. The third-order valence-corrected chi connectivity index (χ3v) is 4.54. The van der Waals surface area contributed by atoms with Gasteiger partial charge in [0.25, 0.3) is 0 Å². The number of aryl methyl sites for hydroxylation is 1. The van der Waals surface area contributed by atoms with E-state index in [2.05, 4.69) is 20.2 Å². The first kappa shape index (κ1) is 15.2. The van der Waals surface area contributed by atoms with Crippen LogP contribution in [0.2, 0.25) is 0 Å². The largest absolute Gasteiger partial charge is 0.373 e. The summed E-state index contributed by atoms with van der Waals surface area (Å²) in [6.45, 7) is 3.64. The molecule has 5 heterocycles. The topological polar surface area (TPSA) is 81.5 Å². The summed E-state index contributed by atoms with van der Waals surface area (Å²) in [6.07, 6.45) is 4.56. The molecule has 0 amide bonds. The van der Waals surface area contributed by atoms with E-state index < -0.39 is 5.82 Å². The SMILES string of the molecule is Cc1cc(-c2c(-c3cncc(F)c3)nn3c2COCC3)c2cn[nH]c2n1. The van der Waals surface area contributed by atoms with Crippen LogP contribution in [0.3, 0.4) is 0 Å². The van der Waals surface area contributed by atoms with Crippen molar-refractivity contribution in [3.63, 3.8) is 0 Å². The Morgan fingerprint density at radius 2 is 2.15 bits per heavy atom. The minimum Gasteiger partial charge on any atom is -0.373 e. The van der Waals surface area contributed by atoms with Gasteiger partial charge in [-0.25, -0.2) is 9.37 Å². The van der Waals surface area contributed by atoms with Gasteiger partial charge in [0.15, 0.2) is 5.65 Å². The molecular formula is C18H15FN6O. The van der Waals surface area contributed by atoms with Gasteiger partial charge < -0.3 is 4.74 Å².